The molecule has 118 valence electrons. The van der Waals surface area contributed by atoms with E-state index in [4.69, 9.17) is 14.7 Å². The van der Waals surface area contributed by atoms with Crippen LogP contribution in [-0.2, 0) is 14.3 Å². The first-order valence-electron chi connectivity index (χ1n) is 6.97. The number of esters is 1. The summed E-state index contributed by atoms with van der Waals surface area (Å²) in [7, 11) is 1.29. The van der Waals surface area contributed by atoms with Gasteiger partial charge in [-0.3, -0.25) is 4.79 Å². The molecule has 0 saturated heterocycles. The first kappa shape index (κ1) is 17.5. The zero-order valence-electron chi connectivity index (χ0n) is 13.0. The highest BCUT2D eigenvalue weighted by Crippen LogP contribution is 2.15. The Labute approximate surface area is 130 Å². The van der Waals surface area contributed by atoms with E-state index in [2.05, 4.69) is 5.32 Å². The van der Waals surface area contributed by atoms with Gasteiger partial charge in [0.1, 0.15) is 11.3 Å². The minimum atomic E-state index is -1.06. The molecule has 1 aromatic carbocycles. The minimum absolute atomic E-state index is 0.220. The lowest BCUT2D eigenvalue weighted by Crippen LogP contribution is -2.53. The van der Waals surface area contributed by atoms with Gasteiger partial charge >= 0.3 is 5.97 Å². The Bertz CT molecular complexity index is 563. The number of hydrogen-bond donors (Lipinski definition) is 1. The van der Waals surface area contributed by atoms with Crippen molar-refractivity contribution in [2.75, 3.05) is 13.7 Å². The first-order valence-corrected chi connectivity index (χ1v) is 6.97. The summed E-state index contributed by atoms with van der Waals surface area (Å²) >= 11 is 0. The Kier molecular flexibility index (Phi) is 6.39. The second-order valence-electron chi connectivity index (χ2n) is 5.05. The molecule has 6 nitrogen and oxygen atoms in total. The number of nitriles is 1. The topological polar surface area (TPSA) is 88.4 Å². The van der Waals surface area contributed by atoms with Gasteiger partial charge in [0.25, 0.3) is 5.91 Å². The Morgan fingerprint density at radius 2 is 1.95 bits per heavy atom. The van der Waals surface area contributed by atoms with E-state index in [1.165, 1.54) is 7.11 Å². The highest BCUT2D eigenvalue weighted by molar-refractivity contribution is 5.88. The summed E-state index contributed by atoms with van der Waals surface area (Å²) < 4.78 is 10.1. The molecular formula is C16H20N2O4. The highest BCUT2D eigenvalue weighted by Gasteiger charge is 2.35. The van der Waals surface area contributed by atoms with Gasteiger partial charge in [0.2, 0.25) is 0 Å². The quantitative estimate of drug-likeness (QED) is 0.776. The summed E-state index contributed by atoms with van der Waals surface area (Å²) in [5.74, 6) is -0.420. The Morgan fingerprint density at radius 3 is 2.45 bits per heavy atom. The molecule has 0 aliphatic rings. The summed E-state index contributed by atoms with van der Waals surface area (Å²) in [6.45, 7) is 3.32. The van der Waals surface area contributed by atoms with Crippen molar-refractivity contribution in [1.29, 1.82) is 5.26 Å². The second kappa shape index (κ2) is 8.03. The molecule has 1 rings (SSSR count). The van der Waals surface area contributed by atoms with Crippen LogP contribution in [0.5, 0.6) is 5.75 Å². The van der Waals surface area contributed by atoms with Crippen LogP contribution < -0.4 is 10.1 Å². The van der Waals surface area contributed by atoms with E-state index in [9.17, 15) is 9.59 Å². The number of ether oxygens (including phenoxy) is 2. The van der Waals surface area contributed by atoms with Crippen LogP contribution in [-0.4, -0.2) is 31.1 Å². The van der Waals surface area contributed by atoms with Gasteiger partial charge in [-0.2, -0.15) is 5.26 Å². The van der Waals surface area contributed by atoms with Gasteiger partial charge in [-0.05, 0) is 37.6 Å². The van der Waals surface area contributed by atoms with Gasteiger partial charge in [-0.25, -0.2) is 4.79 Å². The molecule has 1 unspecified atom stereocenters. The van der Waals surface area contributed by atoms with Crippen LogP contribution in [0.3, 0.4) is 0 Å². The molecule has 0 spiro atoms. The molecule has 0 radical (unpaired) electrons. The summed E-state index contributed by atoms with van der Waals surface area (Å²) in [4.78, 5) is 23.7. The summed E-state index contributed by atoms with van der Waals surface area (Å²) in [5, 5.41) is 11.3. The number of amides is 1. The Balaban J connectivity index is 2.60. The van der Waals surface area contributed by atoms with Gasteiger partial charge < -0.3 is 14.8 Å². The van der Waals surface area contributed by atoms with Crippen molar-refractivity contribution in [3.05, 3.63) is 29.8 Å². The van der Waals surface area contributed by atoms with Crippen molar-refractivity contribution >= 4 is 11.9 Å². The predicted molar refractivity (Wildman–Crippen MR) is 80.1 cm³/mol. The van der Waals surface area contributed by atoms with Crippen molar-refractivity contribution < 1.29 is 19.1 Å². The fourth-order valence-corrected chi connectivity index (χ4v) is 2.06. The lowest BCUT2D eigenvalue weighted by atomic mass is 9.96. The van der Waals surface area contributed by atoms with E-state index in [1.807, 2.05) is 13.0 Å². The maximum Gasteiger partial charge on any atom is 0.331 e. The van der Waals surface area contributed by atoms with E-state index in [0.717, 1.165) is 6.42 Å². The number of nitrogens with zero attached hydrogens (tertiary/aromatic N) is 1. The molecule has 0 heterocycles. The van der Waals surface area contributed by atoms with Crippen molar-refractivity contribution in [3.8, 4) is 11.8 Å². The summed E-state index contributed by atoms with van der Waals surface area (Å²) in [6, 6.07) is 8.41. The normalized spacial score (nSPS) is 12.6. The molecule has 1 aromatic rings. The molecule has 0 saturated carbocycles. The Hall–Kier alpha value is -2.55. The molecule has 0 bridgehead atoms. The fourth-order valence-electron chi connectivity index (χ4n) is 2.06. The summed E-state index contributed by atoms with van der Waals surface area (Å²) in [6.07, 6.45) is 1.20. The van der Waals surface area contributed by atoms with Gasteiger partial charge in [0.15, 0.2) is 6.61 Å². The number of carbonyl (C=O) groups is 2. The number of nitrogens with one attached hydrogen (secondary N) is 1. The molecule has 1 N–H and O–H groups in total. The van der Waals surface area contributed by atoms with Gasteiger partial charge in [0, 0.05) is 0 Å². The van der Waals surface area contributed by atoms with Crippen molar-refractivity contribution in [3.63, 3.8) is 0 Å². The molecular weight excluding hydrogens is 284 g/mol. The van der Waals surface area contributed by atoms with Crippen LogP contribution in [0.1, 0.15) is 32.3 Å². The van der Waals surface area contributed by atoms with E-state index in [0.29, 0.717) is 17.7 Å². The lowest BCUT2D eigenvalue weighted by Gasteiger charge is -2.27. The largest absolute Gasteiger partial charge is 0.484 e. The average molecular weight is 304 g/mol. The van der Waals surface area contributed by atoms with Crippen molar-refractivity contribution in [2.45, 2.75) is 32.2 Å². The van der Waals surface area contributed by atoms with Gasteiger partial charge in [-0.1, -0.05) is 13.3 Å². The van der Waals surface area contributed by atoms with Crippen LogP contribution in [0.4, 0.5) is 0 Å². The molecule has 0 fully saturated rings. The molecule has 6 heteroatoms. The lowest BCUT2D eigenvalue weighted by molar-refractivity contribution is -0.150. The van der Waals surface area contributed by atoms with E-state index in [1.54, 1.807) is 31.2 Å². The van der Waals surface area contributed by atoms with Crippen LogP contribution in [0.15, 0.2) is 24.3 Å². The van der Waals surface area contributed by atoms with Crippen LogP contribution in [0.2, 0.25) is 0 Å². The maximum atomic E-state index is 12.0. The smallest absolute Gasteiger partial charge is 0.331 e. The number of methoxy groups -OCH3 is 1. The van der Waals surface area contributed by atoms with E-state index >= 15 is 0 Å². The third kappa shape index (κ3) is 4.77. The number of rotatable bonds is 7. The van der Waals surface area contributed by atoms with Gasteiger partial charge in [-0.15, -0.1) is 0 Å². The maximum absolute atomic E-state index is 12.0. The number of benzene rings is 1. The minimum Gasteiger partial charge on any atom is -0.484 e. The first-order chi connectivity index (χ1) is 10.4. The van der Waals surface area contributed by atoms with Crippen molar-refractivity contribution in [1.82, 2.24) is 5.32 Å². The van der Waals surface area contributed by atoms with Crippen LogP contribution in [0.25, 0.3) is 0 Å². The monoisotopic (exact) mass is 304 g/mol. The summed E-state index contributed by atoms with van der Waals surface area (Å²) in [5.41, 5.74) is -0.549. The Morgan fingerprint density at radius 1 is 1.32 bits per heavy atom. The zero-order valence-corrected chi connectivity index (χ0v) is 13.0. The molecule has 0 aromatic heterocycles. The fraction of sp³-hybridized carbons (Fsp3) is 0.438. The molecule has 0 aliphatic carbocycles. The highest BCUT2D eigenvalue weighted by atomic mass is 16.5. The van der Waals surface area contributed by atoms with Crippen molar-refractivity contribution in [2.24, 2.45) is 0 Å². The van der Waals surface area contributed by atoms with Crippen LogP contribution >= 0.6 is 0 Å². The van der Waals surface area contributed by atoms with Crippen LogP contribution in [0, 0.1) is 11.3 Å². The number of hydrogen-bond acceptors (Lipinski definition) is 5. The zero-order chi connectivity index (χ0) is 16.6. The molecule has 1 amide bonds. The third-order valence-electron chi connectivity index (χ3n) is 3.15. The molecule has 1 atom stereocenters. The number of carbonyl (C=O) groups excluding carboxylic acids is 2. The SMILES string of the molecule is CCCC(C)(NC(=O)COc1ccc(C#N)cc1)C(=O)OC. The second-order valence-corrected chi connectivity index (χ2v) is 5.05. The third-order valence-corrected chi connectivity index (χ3v) is 3.15. The molecule has 22 heavy (non-hydrogen) atoms. The average Bonchev–Trinajstić information content (AvgIpc) is 2.52. The van der Waals surface area contributed by atoms with E-state index in [-0.39, 0.29) is 6.61 Å². The van der Waals surface area contributed by atoms with E-state index < -0.39 is 17.4 Å². The predicted octanol–water partition coefficient (Wildman–Crippen LogP) is 1.79. The van der Waals surface area contributed by atoms with Gasteiger partial charge in [0.05, 0.1) is 18.7 Å². The molecule has 0 aliphatic heterocycles. The standard InChI is InChI=1S/C16H20N2O4/c1-4-9-16(2,15(20)21-3)18-14(19)11-22-13-7-5-12(10-17)6-8-13/h5-8H,4,9,11H2,1-3H3,(H,18,19).